The maximum Gasteiger partial charge on any atom is 0.322 e. The van der Waals surface area contributed by atoms with Gasteiger partial charge in [0.2, 0.25) is 11.9 Å². The first-order valence-corrected chi connectivity index (χ1v) is 6.80. The van der Waals surface area contributed by atoms with Gasteiger partial charge >= 0.3 is 6.01 Å². The molecule has 3 aromatic heterocycles. The van der Waals surface area contributed by atoms with Crippen molar-refractivity contribution >= 4 is 22.5 Å². The fourth-order valence-corrected chi connectivity index (χ4v) is 2.13. The predicted molar refractivity (Wildman–Crippen MR) is 82.9 cm³/mol. The first-order valence-electron chi connectivity index (χ1n) is 6.80. The largest absolute Gasteiger partial charge is 0.467 e. The van der Waals surface area contributed by atoms with Crippen molar-refractivity contribution in [1.29, 1.82) is 0 Å². The number of ether oxygens (including phenoxy) is 1. The predicted octanol–water partition coefficient (Wildman–Crippen LogP) is 1.69. The minimum atomic E-state index is 0.216. The second-order valence-electron chi connectivity index (χ2n) is 4.71. The van der Waals surface area contributed by atoms with Crippen LogP contribution in [0.1, 0.15) is 0 Å². The van der Waals surface area contributed by atoms with Crippen LogP contribution in [0.25, 0.3) is 16.9 Å². The second kappa shape index (κ2) is 5.37. The quantitative estimate of drug-likeness (QED) is 0.590. The fourth-order valence-electron chi connectivity index (χ4n) is 2.13. The van der Waals surface area contributed by atoms with Gasteiger partial charge in [0.15, 0.2) is 0 Å². The van der Waals surface area contributed by atoms with Crippen molar-refractivity contribution in [3.63, 3.8) is 0 Å². The standard InChI is InChI=1S/C14H12N8O/c1-23-14-19-12(18-13(20-14)22-5-4-15-8-22)17-10-3-2-9-7-16-21-11(9)6-10/h2-8H,1H3,(H,16,21)(H,17,18,19,20). The van der Waals surface area contributed by atoms with E-state index in [9.17, 15) is 0 Å². The number of fused-ring (bicyclic) bond motifs is 1. The van der Waals surface area contributed by atoms with Crippen molar-refractivity contribution in [3.8, 4) is 12.0 Å². The number of hydrogen-bond donors (Lipinski definition) is 2. The molecule has 9 heteroatoms. The minimum absolute atomic E-state index is 0.216. The van der Waals surface area contributed by atoms with E-state index in [0.717, 1.165) is 16.6 Å². The van der Waals surface area contributed by atoms with Crippen LogP contribution in [-0.2, 0) is 0 Å². The zero-order valence-electron chi connectivity index (χ0n) is 12.1. The number of aromatic nitrogens is 7. The molecule has 0 spiro atoms. The van der Waals surface area contributed by atoms with Crippen molar-refractivity contribution in [2.75, 3.05) is 12.4 Å². The maximum absolute atomic E-state index is 5.14. The molecule has 23 heavy (non-hydrogen) atoms. The molecule has 2 N–H and O–H groups in total. The van der Waals surface area contributed by atoms with Gasteiger partial charge in [0.25, 0.3) is 0 Å². The Bertz CT molecular complexity index is 946. The average molecular weight is 308 g/mol. The van der Waals surface area contributed by atoms with Crippen LogP contribution in [0.3, 0.4) is 0 Å². The van der Waals surface area contributed by atoms with Crippen LogP contribution in [0.2, 0.25) is 0 Å². The Morgan fingerprint density at radius 1 is 1.22 bits per heavy atom. The second-order valence-corrected chi connectivity index (χ2v) is 4.71. The smallest absolute Gasteiger partial charge is 0.322 e. The normalized spacial score (nSPS) is 10.8. The van der Waals surface area contributed by atoms with E-state index >= 15 is 0 Å². The summed E-state index contributed by atoms with van der Waals surface area (Å²) >= 11 is 0. The number of aromatic amines is 1. The highest BCUT2D eigenvalue weighted by molar-refractivity contribution is 5.82. The summed E-state index contributed by atoms with van der Waals surface area (Å²) in [7, 11) is 1.51. The molecule has 0 bridgehead atoms. The van der Waals surface area contributed by atoms with Crippen LogP contribution in [0.4, 0.5) is 11.6 Å². The third kappa shape index (κ3) is 2.55. The Balaban J connectivity index is 1.71. The molecule has 4 rings (SSSR count). The first kappa shape index (κ1) is 13.2. The van der Waals surface area contributed by atoms with E-state index in [1.54, 1.807) is 29.5 Å². The maximum atomic E-state index is 5.14. The summed E-state index contributed by atoms with van der Waals surface area (Å²) in [6.07, 6.45) is 6.77. The Labute approximate surface area is 130 Å². The lowest BCUT2D eigenvalue weighted by atomic mass is 10.2. The fraction of sp³-hybridized carbons (Fsp3) is 0.0714. The van der Waals surface area contributed by atoms with E-state index in [2.05, 4.69) is 35.5 Å². The minimum Gasteiger partial charge on any atom is -0.467 e. The average Bonchev–Trinajstić information content (AvgIpc) is 3.25. The molecule has 0 amide bonds. The number of anilines is 2. The Morgan fingerprint density at radius 3 is 3.00 bits per heavy atom. The van der Waals surface area contributed by atoms with Crippen LogP contribution in [-0.4, -0.2) is 41.8 Å². The highest BCUT2D eigenvalue weighted by Crippen LogP contribution is 2.20. The summed E-state index contributed by atoms with van der Waals surface area (Å²) in [6.45, 7) is 0. The van der Waals surface area contributed by atoms with Gasteiger partial charge in [-0.2, -0.15) is 20.1 Å². The van der Waals surface area contributed by atoms with Gasteiger partial charge in [-0.1, -0.05) is 0 Å². The molecule has 0 aliphatic carbocycles. The summed E-state index contributed by atoms with van der Waals surface area (Å²) in [5.74, 6) is 0.791. The van der Waals surface area contributed by atoms with Crippen LogP contribution in [0.15, 0.2) is 43.1 Å². The molecule has 0 radical (unpaired) electrons. The Kier molecular flexibility index (Phi) is 3.08. The third-order valence-electron chi connectivity index (χ3n) is 3.22. The lowest BCUT2D eigenvalue weighted by molar-refractivity contribution is 0.378. The van der Waals surface area contributed by atoms with Gasteiger partial charge < -0.3 is 10.1 Å². The summed E-state index contributed by atoms with van der Waals surface area (Å²) < 4.78 is 6.81. The molecular weight excluding hydrogens is 296 g/mol. The Hall–Kier alpha value is -3.49. The molecule has 9 nitrogen and oxygen atoms in total. The summed E-state index contributed by atoms with van der Waals surface area (Å²) in [6, 6.07) is 6.02. The van der Waals surface area contributed by atoms with Crippen LogP contribution >= 0.6 is 0 Å². The van der Waals surface area contributed by atoms with Crippen LogP contribution in [0.5, 0.6) is 6.01 Å². The number of rotatable bonds is 4. The van der Waals surface area contributed by atoms with Gasteiger partial charge in [-0.05, 0) is 18.2 Å². The van der Waals surface area contributed by atoms with Crippen molar-refractivity contribution in [1.82, 2.24) is 34.7 Å². The van der Waals surface area contributed by atoms with Crippen molar-refractivity contribution in [2.45, 2.75) is 0 Å². The number of imidazole rings is 1. The SMILES string of the molecule is COc1nc(Nc2ccc3cn[nH]c3c2)nc(-n2ccnc2)n1. The zero-order valence-corrected chi connectivity index (χ0v) is 12.1. The number of methoxy groups -OCH3 is 1. The van der Waals surface area contributed by atoms with Gasteiger partial charge in [-0.25, -0.2) is 4.98 Å². The molecule has 114 valence electrons. The van der Waals surface area contributed by atoms with Gasteiger partial charge in [-0.15, -0.1) is 0 Å². The molecule has 0 saturated carbocycles. The molecule has 1 aromatic carbocycles. The number of nitrogens with zero attached hydrogens (tertiary/aromatic N) is 6. The molecule has 0 aliphatic heterocycles. The van der Waals surface area contributed by atoms with Gasteiger partial charge in [0, 0.05) is 23.5 Å². The molecule has 0 aliphatic rings. The number of nitrogens with one attached hydrogen (secondary N) is 2. The zero-order chi connectivity index (χ0) is 15.6. The van der Waals surface area contributed by atoms with Gasteiger partial charge in [0.1, 0.15) is 6.33 Å². The van der Waals surface area contributed by atoms with Gasteiger partial charge in [-0.3, -0.25) is 9.67 Å². The van der Waals surface area contributed by atoms with Crippen molar-refractivity contribution in [2.24, 2.45) is 0 Å². The lowest BCUT2D eigenvalue weighted by Crippen LogP contribution is -2.07. The van der Waals surface area contributed by atoms with E-state index in [4.69, 9.17) is 4.74 Å². The molecule has 3 heterocycles. The van der Waals surface area contributed by atoms with Crippen LogP contribution < -0.4 is 10.1 Å². The Morgan fingerprint density at radius 2 is 2.17 bits per heavy atom. The topological polar surface area (TPSA) is 106 Å². The summed E-state index contributed by atoms with van der Waals surface area (Å²) in [5, 5.41) is 11.1. The monoisotopic (exact) mass is 308 g/mol. The van der Waals surface area contributed by atoms with E-state index in [1.807, 2.05) is 18.2 Å². The highest BCUT2D eigenvalue weighted by atomic mass is 16.5. The molecule has 0 atom stereocenters. The third-order valence-corrected chi connectivity index (χ3v) is 3.22. The number of hydrogen-bond acceptors (Lipinski definition) is 7. The lowest BCUT2D eigenvalue weighted by Gasteiger charge is -2.08. The van der Waals surface area contributed by atoms with E-state index in [1.165, 1.54) is 7.11 Å². The van der Waals surface area contributed by atoms with Crippen LogP contribution in [0, 0.1) is 0 Å². The molecular formula is C14H12N8O. The molecule has 0 saturated heterocycles. The summed E-state index contributed by atoms with van der Waals surface area (Å²) in [5.41, 5.74) is 1.75. The number of benzene rings is 1. The first-order chi connectivity index (χ1) is 11.3. The molecule has 0 unspecified atom stereocenters. The van der Waals surface area contributed by atoms with E-state index in [-0.39, 0.29) is 6.01 Å². The molecule has 0 fully saturated rings. The summed E-state index contributed by atoms with van der Waals surface area (Å²) in [4.78, 5) is 16.8. The van der Waals surface area contributed by atoms with E-state index in [0.29, 0.717) is 11.9 Å². The van der Waals surface area contributed by atoms with Gasteiger partial charge in [0.05, 0.1) is 18.8 Å². The van der Waals surface area contributed by atoms with Crippen molar-refractivity contribution in [3.05, 3.63) is 43.1 Å². The van der Waals surface area contributed by atoms with E-state index < -0.39 is 0 Å². The number of H-pyrrole nitrogens is 1. The molecule has 4 aromatic rings. The highest BCUT2D eigenvalue weighted by Gasteiger charge is 2.09. The van der Waals surface area contributed by atoms with Crippen molar-refractivity contribution < 1.29 is 4.74 Å².